The van der Waals surface area contributed by atoms with Gasteiger partial charge in [-0.2, -0.15) is 0 Å². The number of carboxylic acid groups (broad SMARTS) is 1. The van der Waals surface area contributed by atoms with Crippen molar-refractivity contribution in [2.24, 2.45) is 23.7 Å². The average Bonchev–Trinajstić information content (AvgIpc) is 3.22. The number of aliphatic carboxylic acids is 1. The predicted molar refractivity (Wildman–Crippen MR) is 65.8 cm³/mol. The van der Waals surface area contributed by atoms with Crippen molar-refractivity contribution >= 4 is 11.9 Å². The van der Waals surface area contributed by atoms with Gasteiger partial charge in [0.1, 0.15) is 6.04 Å². The molecular formula is C14H21NO3. The zero-order valence-corrected chi connectivity index (χ0v) is 10.6. The van der Waals surface area contributed by atoms with Gasteiger partial charge in [-0.25, -0.2) is 4.79 Å². The first kappa shape index (κ1) is 12.0. The number of carbonyl (C=O) groups excluding carboxylic acids is 1. The smallest absolute Gasteiger partial charge is 0.326 e. The highest BCUT2D eigenvalue weighted by atomic mass is 16.4. The van der Waals surface area contributed by atoms with Crippen LogP contribution in [0.25, 0.3) is 0 Å². The van der Waals surface area contributed by atoms with E-state index in [-0.39, 0.29) is 11.8 Å². The minimum Gasteiger partial charge on any atom is -0.480 e. The lowest BCUT2D eigenvalue weighted by Gasteiger charge is -2.14. The van der Waals surface area contributed by atoms with Crippen molar-refractivity contribution in [3.05, 3.63) is 0 Å². The van der Waals surface area contributed by atoms with Crippen LogP contribution in [0.4, 0.5) is 0 Å². The number of fused-ring (bicyclic) bond motifs is 1. The van der Waals surface area contributed by atoms with E-state index in [2.05, 4.69) is 5.32 Å². The number of amides is 1. The van der Waals surface area contributed by atoms with Crippen LogP contribution in [0.1, 0.15) is 44.9 Å². The minimum absolute atomic E-state index is 0.0000463. The number of rotatable bonds is 5. The molecule has 0 bridgehead atoms. The lowest BCUT2D eigenvalue weighted by molar-refractivity contribution is -0.142. The van der Waals surface area contributed by atoms with Gasteiger partial charge in [0.25, 0.3) is 0 Å². The van der Waals surface area contributed by atoms with Crippen LogP contribution in [0.3, 0.4) is 0 Å². The summed E-state index contributed by atoms with van der Waals surface area (Å²) in [5, 5.41) is 11.9. The zero-order valence-electron chi connectivity index (χ0n) is 10.6. The largest absolute Gasteiger partial charge is 0.480 e. The number of hydrogen-bond donors (Lipinski definition) is 2. The second-order valence-electron chi connectivity index (χ2n) is 6.22. The first-order valence-electron chi connectivity index (χ1n) is 7.20. The van der Waals surface area contributed by atoms with Gasteiger partial charge in [0.05, 0.1) is 0 Å². The molecule has 0 aromatic rings. The summed E-state index contributed by atoms with van der Waals surface area (Å²) in [7, 11) is 0. The van der Waals surface area contributed by atoms with E-state index in [0.717, 1.165) is 25.7 Å². The van der Waals surface area contributed by atoms with E-state index < -0.39 is 12.0 Å². The molecule has 4 heteroatoms. The highest BCUT2D eigenvalue weighted by molar-refractivity contribution is 5.87. The molecule has 0 saturated heterocycles. The number of carbonyl (C=O) groups is 2. The molecule has 0 aromatic heterocycles. The van der Waals surface area contributed by atoms with Gasteiger partial charge >= 0.3 is 5.97 Å². The topological polar surface area (TPSA) is 66.4 Å². The van der Waals surface area contributed by atoms with Crippen molar-refractivity contribution in [2.45, 2.75) is 51.0 Å². The third-order valence-corrected chi connectivity index (χ3v) is 4.84. The Morgan fingerprint density at radius 2 is 1.72 bits per heavy atom. The standard InChI is InChI=1S/C14H21NO3/c16-13(12-9-3-1-2-4-10(9)12)15-11(14(17)18)7-8-5-6-8/h8-12H,1-7H2,(H,15,16)(H,17,18). The molecule has 3 aliphatic carbocycles. The molecule has 3 fully saturated rings. The SMILES string of the molecule is O=C(O)C(CC1CC1)NC(=O)C1C2CCCCC21. The fourth-order valence-electron chi connectivity index (χ4n) is 3.56. The van der Waals surface area contributed by atoms with E-state index in [0.29, 0.717) is 24.2 Å². The van der Waals surface area contributed by atoms with Crippen LogP contribution in [0, 0.1) is 23.7 Å². The second-order valence-corrected chi connectivity index (χ2v) is 6.22. The van der Waals surface area contributed by atoms with Crippen molar-refractivity contribution in [3.63, 3.8) is 0 Å². The maximum atomic E-state index is 12.1. The van der Waals surface area contributed by atoms with Crippen LogP contribution in [0.15, 0.2) is 0 Å². The van der Waals surface area contributed by atoms with Gasteiger partial charge in [0, 0.05) is 5.92 Å². The van der Waals surface area contributed by atoms with Gasteiger partial charge in [-0.05, 0) is 37.0 Å². The van der Waals surface area contributed by atoms with Crippen molar-refractivity contribution < 1.29 is 14.7 Å². The average molecular weight is 251 g/mol. The first-order valence-corrected chi connectivity index (χ1v) is 7.20. The molecule has 100 valence electrons. The maximum Gasteiger partial charge on any atom is 0.326 e. The fourth-order valence-corrected chi connectivity index (χ4v) is 3.56. The predicted octanol–water partition coefficient (Wildman–Crippen LogP) is 1.79. The Labute approximate surface area is 107 Å². The molecule has 0 aliphatic heterocycles. The molecular weight excluding hydrogens is 230 g/mol. The summed E-state index contributed by atoms with van der Waals surface area (Å²) >= 11 is 0. The molecule has 0 spiro atoms. The van der Waals surface area contributed by atoms with Crippen LogP contribution in [-0.2, 0) is 9.59 Å². The first-order chi connectivity index (χ1) is 8.66. The van der Waals surface area contributed by atoms with Crippen molar-refractivity contribution in [1.82, 2.24) is 5.32 Å². The van der Waals surface area contributed by atoms with E-state index in [1.165, 1.54) is 12.8 Å². The van der Waals surface area contributed by atoms with E-state index in [4.69, 9.17) is 5.11 Å². The van der Waals surface area contributed by atoms with Crippen LogP contribution >= 0.6 is 0 Å². The minimum atomic E-state index is -0.876. The van der Waals surface area contributed by atoms with E-state index in [1.54, 1.807) is 0 Å². The van der Waals surface area contributed by atoms with Gasteiger partial charge in [-0.3, -0.25) is 4.79 Å². The van der Waals surface area contributed by atoms with Crippen LogP contribution in [0.5, 0.6) is 0 Å². The summed E-state index contributed by atoms with van der Waals surface area (Å²) in [6.07, 6.45) is 7.63. The summed E-state index contributed by atoms with van der Waals surface area (Å²) in [6.45, 7) is 0. The van der Waals surface area contributed by atoms with Crippen LogP contribution in [0.2, 0.25) is 0 Å². The molecule has 3 unspecified atom stereocenters. The summed E-state index contributed by atoms with van der Waals surface area (Å²) in [6, 6.07) is -0.660. The molecule has 0 radical (unpaired) electrons. The number of hydrogen-bond acceptors (Lipinski definition) is 2. The van der Waals surface area contributed by atoms with Crippen molar-refractivity contribution in [2.75, 3.05) is 0 Å². The Hall–Kier alpha value is -1.06. The fraction of sp³-hybridized carbons (Fsp3) is 0.857. The lowest BCUT2D eigenvalue weighted by atomic mass is 10.0. The Balaban J connectivity index is 1.54. The molecule has 3 atom stereocenters. The highest BCUT2D eigenvalue weighted by Crippen LogP contribution is 2.55. The molecule has 1 amide bonds. The highest BCUT2D eigenvalue weighted by Gasteiger charge is 2.55. The maximum absolute atomic E-state index is 12.1. The van der Waals surface area contributed by atoms with Crippen molar-refractivity contribution in [3.8, 4) is 0 Å². The number of carboxylic acids is 1. The molecule has 0 heterocycles. The van der Waals surface area contributed by atoms with Crippen LogP contribution in [-0.4, -0.2) is 23.0 Å². The third kappa shape index (κ3) is 2.38. The van der Waals surface area contributed by atoms with Gasteiger partial charge in [0.2, 0.25) is 5.91 Å². The van der Waals surface area contributed by atoms with E-state index >= 15 is 0 Å². The zero-order chi connectivity index (χ0) is 12.7. The van der Waals surface area contributed by atoms with Gasteiger partial charge in [-0.15, -0.1) is 0 Å². The lowest BCUT2D eigenvalue weighted by Crippen LogP contribution is -2.42. The molecule has 3 rings (SSSR count). The molecule has 4 nitrogen and oxygen atoms in total. The summed E-state index contributed by atoms with van der Waals surface area (Å²) in [4.78, 5) is 23.3. The Morgan fingerprint density at radius 3 is 2.22 bits per heavy atom. The third-order valence-electron chi connectivity index (χ3n) is 4.84. The van der Waals surface area contributed by atoms with Gasteiger partial charge < -0.3 is 10.4 Å². The summed E-state index contributed by atoms with van der Waals surface area (Å²) in [5.41, 5.74) is 0. The Bertz CT molecular complexity index is 352. The van der Waals surface area contributed by atoms with Crippen LogP contribution < -0.4 is 5.32 Å². The van der Waals surface area contributed by atoms with Crippen molar-refractivity contribution in [1.29, 1.82) is 0 Å². The van der Waals surface area contributed by atoms with Gasteiger partial charge in [-0.1, -0.05) is 25.7 Å². The van der Waals surface area contributed by atoms with E-state index in [1.807, 2.05) is 0 Å². The quantitative estimate of drug-likeness (QED) is 0.783. The molecule has 3 aliphatic rings. The van der Waals surface area contributed by atoms with E-state index in [9.17, 15) is 9.59 Å². The van der Waals surface area contributed by atoms with Gasteiger partial charge in [0.15, 0.2) is 0 Å². The monoisotopic (exact) mass is 251 g/mol. The molecule has 3 saturated carbocycles. The second kappa shape index (κ2) is 4.56. The number of nitrogens with one attached hydrogen (secondary N) is 1. The Kier molecular flexibility index (Phi) is 3.04. The molecule has 0 aromatic carbocycles. The molecule has 18 heavy (non-hydrogen) atoms. The summed E-state index contributed by atoms with van der Waals surface area (Å²) in [5.74, 6) is 0.864. The molecule has 2 N–H and O–H groups in total. The Morgan fingerprint density at radius 1 is 1.11 bits per heavy atom. The summed E-state index contributed by atoms with van der Waals surface area (Å²) < 4.78 is 0. The normalized spacial score (nSPS) is 35.4.